The van der Waals surface area contributed by atoms with Crippen LogP contribution in [0.4, 0.5) is 0 Å². The van der Waals surface area contributed by atoms with E-state index < -0.39 is 33.2 Å². The summed E-state index contributed by atoms with van der Waals surface area (Å²) in [5, 5.41) is 8.39. The van der Waals surface area contributed by atoms with Crippen molar-refractivity contribution in [1.29, 1.82) is 0 Å². The molecule has 0 saturated carbocycles. The Morgan fingerprint density at radius 2 is 1.42 bits per heavy atom. The molecule has 0 heterocycles. The van der Waals surface area contributed by atoms with Crippen LogP contribution in [0.1, 0.15) is 0 Å². The Kier molecular flexibility index (Phi) is 3.63. The summed E-state index contributed by atoms with van der Waals surface area (Å²) in [4.78, 5) is 0. The van der Waals surface area contributed by atoms with Crippen molar-refractivity contribution in [2.45, 2.75) is 0 Å². The first-order valence-electron chi connectivity index (χ1n) is 2.98. The number of hydrogen-bond acceptors (Lipinski definition) is 5. The van der Waals surface area contributed by atoms with Crippen molar-refractivity contribution in [3.05, 3.63) is 0 Å². The van der Waals surface area contributed by atoms with Crippen LogP contribution in [0.15, 0.2) is 0 Å². The number of hydrogen-bond donors (Lipinski definition) is 1. The number of aliphatic hydroxyl groups excluding tert-OH is 1. The Balaban J connectivity index is 4.97. The van der Waals surface area contributed by atoms with Crippen molar-refractivity contribution >= 4 is 20.0 Å². The van der Waals surface area contributed by atoms with Gasteiger partial charge in [-0.05, 0) is 0 Å². The fourth-order valence-electron chi connectivity index (χ4n) is 0.659. The van der Waals surface area contributed by atoms with Crippen molar-refractivity contribution in [1.82, 2.24) is 3.71 Å². The van der Waals surface area contributed by atoms with Crippen LogP contribution in [-0.4, -0.2) is 51.3 Å². The fourth-order valence-corrected chi connectivity index (χ4v) is 3.45. The van der Waals surface area contributed by atoms with Crippen molar-refractivity contribution in [3.8, 4) is 0 Å². The summed E-state index contributed by atoms with van der Waals surface area (Å²) < 4.78 is 43.5. The lowest BCUT2D eigenvalue weighted by molar-refractivity contribution is 0.281. The Morgan fingerprint density at radius 3 is 1.50 bits per heavy atom. The topological polar surface area (TPSA) is 91.8 Å². The molecule has 0 aromatic heterocycles. The third kappa shape index (κ3) is 3.48. The van der Waals surface area contributed by atoms with Crippen LogP contribution in [0.25, 0.3) is 0 Å². The highest BCUT2D eigenvalue weighted by Gasteiger charge is 2.25. The van der Waals surface area contributed by atoms with Gasteiger partial charge in [-0.1, -0.05) is 3.71 Å². The molecule has 0 aliphatic carbocycles. The van der Waals surface area contributed by atoms with Crippen LogP contribution in [0.2, 0.25) is 0 Å². The molecule has 74 valence electrons. The van der Waals surface area contributed by atoms with Crippen molar-refractivity contribution < 1.29 is 21.9 Å². The summed E-state index contributed by atoms with van der Waals surface area (Å²) in [7, 11) is -7.60. The number of rotatable bonds is 4. The number of sulfonamides is 2. The summed E-state index contributed by atoms with van der Waals surface area (Å²) in [5.41, 5.74) is 0. The van der Waals surface area contributed by atoms with Crippen LogP contribution in [0.5, 0.6) is 0 Å². The van der Waals surface area contributed by atoms with E-state index >= 15 is 0 Å². The molecular formula is C4H11NO5S2. The highest BCUT2D eigenvalue weighted by atomic mass is 32.3. The molecule has 0 saturated heterocycles. The Morgan fingerprint density at radius 1 is 1.08 bits per heavy atom. The van der Waals surface area contributed by atoms with Gasteiger partial charge in [-0.25, -0.2) is 16.8 Å². The molecule has 6 nitrogen and oxygen atoms in total. The smallest absolute Gasteiger partial charge is 0.224 e. The summed E-state index contributed by atoms with van der Waals surface area (Å²) in [6.45, 7) is -0.961. The highest BCUT2D eigenvalue weighted by Crippen LogP contribution is 2.03. The average molecular weight is 217 g/mol. The second-order valence-electron chi connectivity index (χ2n) is 2.25. The largest absolute Gasteiger partial charge is 0.395 e. The maximum absolute atomic E-state index is 10.8. The molecule has 0 aromatic carbocycles. The molecule has 0 fully saturated rings. The fraction of sp³-hybridized carbons (Fsp3) is 1.00. The third-order valence-corrected chi connectivity index (χ3v) is 4.49. The first-order chi connectivity index (χ1) is 5.19. The zero-order valence-electron chi connectivity index (χ0n) is 6.76. The van der Waals surface area contributed by atoms with E-state index in [0.29, 0.717) is 0 Å². The maximum Gasteiger partial charge on any atom is 0.224 e. The quantitative estimate of drug-likeness (QED) is 0.600. The molecule has 0 rings (SSSR count). The second kappa shape index (κ2) is 3.69. The van der Waals surface area contributed by atoms with E-state index in [1.54, 1.807) is 0 Å². The lowest BCUT2D eigenvalue weighted by Gasteiger charge is -2.15. The SMILES string of the molecule is CS(=O)(=O)N(CCO)S(C)(=O)=O. The average Bonchev–Trinajstić information content (AvgIpc) is 1.77. The van der Waals surface area contributed by atoms with E-state index in [0.717, 1.165) is 12.5 Å². The summed E-state index contributed by atoms with van der Waals surface area (Å²) in [6, 6.07) is 0. The Labute approximate surface area is 71.9 Å². The molecule has 0 spiro atoms. The Hall–Kier alpha value is -0.180. The minimum absolute atomic E-state index is 0.250. The molecule has 1 N–H and O–H groups in total. The standard InChI is InChI=1S/C4H11NO5S2/c1-11(7,8)5(3-4-6)12(2,9)10/h6H,3-4H2,1-2H3. The molecule has 0 atom stereocenters. The van der Waals surface area contributed by atoms with Gasteiger partial charge in [0.15, 0.2) is 0 Å². The molecule has 0 amide bonds. The predicted octanol–water partition coefficient (Wildman–Crippen LogP) is -1.80. The van der Waals surface area contributed by atoms with Gasteiger partial charge < -0.3 is 5.11 Å². The third-order valence-electron chi connectivity index (χ3n) is 1.02. The van der Waals surface area contributed by atoms with Gasteiger partial charge in [0.05, 0.1) is 25.7 Å². The summed E-state index contributed by atoms with van der Waals surface area (Å²) in [5.74, 6) is 0. The lowest BCUT2D eigenvalue weighted by atomic mass is 10.8. The predicted molar refractivity (Wildman–Crippen MR) is 43.5 cm³/mol. The number of nitrogens with zero attached hydrogens (tertiary/aromatic N) is 1. The maximum atomic E-state index is 10.8. The zero-order chi connectivity index (χ0) is 9.99. The molecule has 0 radical (unpaired) electrons. The highest BCUT2D eigenvalue weighted by molar-refractivity contribution is 8.03. The molecule has 0 bridgehead atoms. The molecule has 0 aliphatic heterocycles. The van der Waals surface area contributed by atoms with Crippen LogP contribution in [0, 0.1) is 0 Å². The van der Waals surface area contributed by atoms with Gasteiger partial charge in [-0.3, -0.25) is 0 Å². The van der Waals surface area contributed by atoms with E-state index in [9.17, 15) is 16.8 Å². The minimum atomic E-state index is -3.80. The van der Waals surface area contributed by atoms with Crippen molar-refractivity contribution in [3.63, 3.8) is 0 Å². The zero-order valence-corrected chi connectivity index (χ0v) is 8.39. The first-order valence-corrected chi connectivity index (χ1v) is 6.68. The van der Waals surface area contributed by atoms with E-state index in [-0.39, 0.29) is 3.71 Å². The van der Waals surface area contributed by atoms with Gasteiger partial charge >= 0.3 is 0 Å². The van der Waals surface area contributed by atoms with E-state index in [2.05, 4.69) is 0 Å². The van der Waals surface area contributed by atoms with Crippen LogP contribution >= 0.6 is 0 Å². The molecule has 0 unspecified atom stereocenters. The van der Waals surface area contributed by atoms with Crippen LogP contribution in [-0.2, 0) is 20.0 Å². The van der Waals surface area contributed by atoms with Gasteiger partial charge in [0.25, 0.3) is 0 Å². The van der Waals surface area contributed by atoms with E-state index in [1.807, 2.05) is 0 Å². The monoisotopic (exact) mass is 217 g/mol. The molecule has 0 aliphatic rings. The molecule has 12 heavy (non-hydrogen) atoms. The summed E-state index contributed by atoms with van der Waals surface area (Å²) >= 11 is 0. The van der Waals surface area contributed by atoms with Gasteiger partial charge in [0, 0.05) is 0 Å². The van der Waals surface area contributed by atoms with Crippen molar-refractivity contribution in [2.24, 2.45) is 0 Å². The minimum Gasteiger partial charge on any atom is -0.395 e. The van der Waals surface area contributed by atoms with Gasteiger partial charge in [0.1, 0.15) is 0 Å². The van der Waals surface area contributed by atoms with Gasteiger partial charge in [-0.2, -0.15) is 0 Å². The lowest BCUT2D eigenvalue weighted by Crippen LogP contribution is -2.37. The van der Waals surface area contributed by atoms with Gasteiger partial charge in [0.2, 0.25) is 20.0 Å². The van der Waals surface area contributed by atoms with Crippen molar-refractivity contribution in [2.75, 3.05) is 25.7 Å². The van der Waals surface area contributed by atoms with Crippen LogP contribution < -0.4 is 0 Å². The Bertz CT molecular complexity index is 296. The molecule has 8 heteroatoms. The van der Waals surface area contributed by atoms with E-state index in [1.165, 1.54) is 0 Å². The number of aliphatic hydroxyl groups is 1. The molecule has 0 aromatic rings. The first kappa shape index (κ1) is 11.8. The normalized spacial score (nSPS) is 13.7. The molecular weight excluding hydrogens is 206 g/mol. The van der Waals surface area contributed by atoms with E-state index in [4.69, 9.17) is 5.11 Å². The van der Waals surface area contributed by atoms with Gasteiger partial charge in [-0.15, -0.1) is 0 Å². The van der Waals surface area contributed by atoms with Crippen LogP contribution in [0.3, 0.4) is 0 Å². The summed E-state index contributed by atoms with van der Waals surface area (Å²) in [6.07, 6.45) is 1.54. The second-order valence-corrected chi connectivity index (χ2v) is 6.29.